The number of aromatic hydroxyl groups is 1. The van der Waals surface area contributed by atoms with E-state index in [0.29, 0.717) is 17.0 Å². The number of nitrogens with one attached hydrogen (secondary N) is 3. The summed E-state index contributed by atoms with van der Waals surface area (Å²) in [6.45, 7) is 0. The van der Waals surface area contributed by atoms with Crippen LogP contribution >= 0.6 is 0 Å². The molecule has 8 heteroatoms. The lowest BCUT2D eigenvalue weighted by atomic mass is 10.2. The maximum atomic E-state index is 11.3. The minimum atomic E-state index is -0.507. The Morgan fingerprint density at radius 3 is 2.90 bits per heavy atom. The number of hydrogen-bond acceptors (Lipinski definition) is 6. The molecule has 0 aliphatic heterocycles. The number of aromatic nitrogens is 4. The van der Waals surface area contributed by atoms with Gasteiger partial charge in [0, 0.05) is 0 Å². The van der Waals surface area contributed by atoms with E-state index >= 15 is 0 Å². The first-order chi connectivity index (χ1) is 9.72. The van der Waals surface area contributed by atoms with Crippen LogP contribution in [0.25, 0.3) is 11.2 Å². The maximum absolute atomic E-state index is 11.3. The van der Waals surface area contributed by atoms with Gasteiger partial charge in [0.15, 0.2) is 11.5 Å². The molecule has 20 heavy (non-hydrogen) atoms. The van der Waals surface area contributed by atoms with Gasteiger partial charge in [0.25, 0.3) is 0 Å². The van der Waals surface area contributed by atoms with Gasteiger partial charge in [0.05, 0.1) is 12.5 Å². The molecule has 0 atom stereocenters. The number of rotatable bonds is 3. The predicted molar refractivity (Wildman–Crippen MR) is 73.8 cm³/mol. The van der Waals surface area contributed by atoms with Crippen LogP contribution in [-0.2, 0) is 0 Å². The van der Waals surface area contributed by atoms with Crippen molar-refractivity contribution in [2.75, 3.05) is 5.43 Å². The van der Waals surface area contributed by atoms with Gasteiger partial charge < -0.3 is 10.1 Å². The van der Waals surface area contributed by atoms with E-state index in [1.165, 1.54) is 6.33 Å². The highest BCUT2D eigenvalue weighted by atomic mass is 16.3. The van der Waals surface area contributed by atoms with E-state index in [0.717, 1.165) is 5.56 Å². The van der Waals surface area contributed by atoms with Crippen LogP contribution in [0.2, 0.25) is 0 Å². The molecular weight excluding hydrogens is 260 g/mol. The summed E-state index contributed by atoms with van der Waals surface area (Å²) in [5.74, 6) is 0.570. The predicted octanol–water partition coefficient (Wildman–Crippen LogP) is 0.798. The first-order valence-corrected chi connectivity index (χ1v) is 5.74. The van der Waals surface area contributed by atoms with E-state index in [9.17, 15) is 4.79 Å². The molecule has 0 unspecified atom stereocenters. The van der Waals surface area contributed by atoms with E-state index in [1.807, 2.05) is 0 Å². The zero-order chi connectivity index (χ0) is 13.9. The Kier molecular flexibility index (Phi) is 2.88. The third kappa shape index (κ3) is 2.34. The largest absolute Gasteiger partial charge is 0.508 e. The highest BCUT2D eigenvalue weighted by Crippen LogP contribution is 2.12. The smallest absolute Gasteiger partial charge is 0.348 e. The van der Waals surface area contributed by atoms with E-state index in [2.05, 4.69) is 30.5 Å². The molecule has 3 rings (SSSR count). The topological polar surface area (TPSA) is 119 Å². The first-order valence-electron chi connectivity index (χ1n) is 5.74. The molecule has 0 bridgehead atoms. The molecule has 3 aromatic rings. The summed E-state index contributed by atoms with van der Waals surface area (Å²) < 4.78 is 0. The van der Waals surface area contributed by atoms with Gasteiger partial charge >= 0.3 is 5.69 Å². The Morgan fingerprint density at radius 1 is 1.30 bits per heavy atom. The van der Waals surface area contributed by atoms with Crippen molar-refractivity contribution in [1.29, 1.82) is 0 Å². The fourth-order valence-corrected chi connectivity index (χ4v) is 1.66. The number of fused-ring (bicyclic) bond motifs is 1. The molecule has 2 heterocycles. The van der Waals surface area contributed by atoms with Gasteiger partial charge in [-0.3, -0.25) is 10.4 Å². The minimum absolute atomic E-state index is 0.188. The van der Waals surface area contributed by atoms with Crippen molar-refractivity contribution in [3.05, 3.63) is 46.6 Å². The molecule has 0 aliphatic carbocycles. The molecule has 0 radical (unpaired) electrons. The summed E-state index contributed by atoms with van der Waals surface area (Å²) in [5.41, 5.74) is 3.89. The average molecular weight is 270 g/mol. The fourth-order valence-electron chi connectivity index (χ4n) is 1.66. The number of benzene rings is 1. The molecular formula is C12H10N6O2. The molecule has 1 aromatic carbocycles. The summed E-state index contributed by atoms with van der Waals surface area (Å²) in [6, 6.07) is 6.54. The zero-order valence-corrected chi connectivity index (χ0v) is 10.2. The van der Waals surface area contributed by atoms with Gasteiger partial charge in [-0.05, 0) is 29.8 Å². The Balaban J connectivity index is 1.84. The number of aromatic amines is 2. The Bertz CT molecular complexity index is 818. The quantitative estimate of drug-likeness (QED) is 0.414. The second-order valence-corrected chi connectivity index (χ2v) is 3.98. The van der Waals surface area contributed by atoms with Gasteiger partial charge in [-0.2, -0.15) is 10.1 Å². The fraction of sp³-hybridized carbons (Fsp3) is 0. The van der Waals surface area contributed by atoms with Crippen molar-refractivity contribution in [1.82, 2.24) is 19.9 Å². The van der Waals surface area contributed by atoms with Crippen LogP contribution < -0.4 is 11.1 Å². The number of hydrazone groups is 1. The molecule has 0 amide bonds. The molecule has 0 aliphatic rings. The zero-order valence-electron chi connectivity index (χ0n) is 10.2. The molecule has 4 N–H and O–H groups in total. The lowest BCUT2D eigenvalue weighted by Crippen LogP contribution is -2.12. The second-order valence-electron chi connectivity index (χ2n) is 3.98. The summed E-state index contributed by atoms with van der Waals surface area (Å²) in [6.07, 6.45) is 3.00. The van der Waals surface area contributed by atoms with E-state index in [-0.39, 0.29) is 5.75 Å². The van der Waals surface area contributed by atoms with Gasteiger partial charge in [-0.25, -0.2) is 9.78 Å². The lowest BCUT2D eigenvalue weighted by molar-refractivity contribution is 0.475. The number of phenols is 1. The van der Waals surface area contributed by atoms with Crippen molar-refractivity contribution >= 4 is 23.2 Å². The number of phenolic OH excluding ortho intramolecular Hbond substituents is 1. The van der Waals surface area contributed by atoms with Crippen molar-refractivity contribution in [3.63, 3.8) is 0 Å². The lowest BCUT2D eigenvalue weighted by Gasteiger charge is -2.00. The van der Waals surface area contributed by atoms with Crippen LogP contribution in [0.3, 0.4) is 0 Å². The van der Waals surface area contributed by atoms with Crippen LogP contribution in [-0.4, -0.2) is 31.3 Å². The summed E-state index contributed by atoms with van der Waals surface area (Å²) in [7, 11) is 0. The highest BCUT2D eigenvalue weighted by Gasteiger charge is 2.05. The van der Waals surface area contributed by atoms with Crippen molar-refractivity contribution < 1.29 is 5.11 Å². The number of imidazole rings is 1. The molecule has 0 spiro atoms. The summed E-state index contributed by atoms with van der Waals surface area (Å²) in [4.78, 5) is 24.3. The van der Waals surface area contributed by atoms with Crippen LogP contribution in [0, 0.1) is 0 Å². The minimum Gasteiger partial charge on any atom is -0.508 e. The van der Waals surface area contributed by atoms with Crippen LogP contribution in [0.4, 0.5) is 5.82 Å². The average Bonchev–Trinajstić information content (AvgIpc) is 2.89. The number of anilines is 1. The van der Waals surface area contributed by atoms with Gasteiger partial charge in [0.1, 0.15) is 11.3 Å². The molecule has 2 aromatic heterocycles. The monoisotopic (exact) mass is 270 g/mol. The van der Waals surface area contributed by atoms with Crippen LogP contribution in [0.15, 0.2) is 40.5 Å². The van der Waals surface area contributed by atoms with Crippen LogP contribution in [0.5, 0.6) is 5.75 Å². The third-order valence-corrected chi connectivity index (χ3v) is 2.59. The molecule has 0 saturated carbocycles. The van der Waals surface area contributed by atoms with Gasteiger partial charge in [-0.15, -0.1) is 0 Å². The number of H-pyrrole nitrogens is 2. The Labute approximate surface area is 112 Å². The number of hydrogen-bond donors (Lipinski definition) is 4. The van der Waals surface area contributed by atoms with E-state index in [1.54, 1.807) is 30.5 Å². The molecule has 0 fully saturated rings. The van der Waals surface area contributed by atoms with E-state index in [4.69, 9.17) is 5.11 Å². The summed E-state index contributed by atoms with van der Waals surface area (Å²) in [5, 5.41) is 13.2. The highest BCUT2D eigenvalue weighted by molar-refractivity contribution is 5.84. The third-order valence-electron chi connectivity index (χ3n) is 2.59. The Hall–Kier alpha value is -3.16. The standard InChI is InChI=1S/C12H10N6O2/c19-8-3-1-7(2-4-8)5-15-18-11-9-10(14-6-13-9)16-12(20)17-11/h1-6,19H,(H3,13,14,16,17,18,20). The molecule has 8 nitrogen and oxygen atoms in total. The normalized spacial score (nSPS) is 11.2. The maximum Gasteiger partial charge on any atom is 0.348 e. The summed E-state index contributed by atoms with van der Waals surface area (Å²) >= 11 is 0. The first kappa shape index (κ1) is 11.9. The second kappa shape index (κ2) is 4.84. The SMILES string of the molecule is O=c1nc2nc[nH]c2c(NN=Cc2ccc(O)cc2)[nH]1. The van der Waals surface area contributed by atoms with Crippen LogP contribution in [0.1, 0.15) is 5.56 Å². The van der Waals surface area contributed by atoms with E-state index < -0.39 is 5.69 Å². The van der Waals surface area contributed by atoms with Crippen molar-refractivity contribution in [2.45, 2.75) is 0 Å². The molecule has 0 saturated heterocycles. The molecule has 100 valence electrons. The number of nitrogens with zero attached hydrogens (tertiary/aromatic N) is 3. The van der Waals surface area contributed by atoms with Crippen molar-refractivity contribution in [3.8, 4) is 5.75 Å². The van der Waals surface area contributed by atoms with Crippen molar-refractivity contribution in [2.24, 2.45) is 5.10 Å². The Morgan fingerprint density at radius 2 is 2.10 bits per heavy atom. The van der Waals surface area contributed by atoms with Gasteiger partial charge in [-0.1, -0.05) is 0 Å². The van der Waals surface area contributed by atoms with Gasteiger partial charge in [0.2, 0.25) is 0 Å².